The maximum atomic E-state index is 12.0. The van der Waals surface area contributed by atoms with Crippen LogP contribution in [0, 0.1) is 0 Å². The Morgan fingerprint density at radius 2 is 2.05 bits per heavy atom. The monoisotopic (exact) mass is 261 g/mol. The zero-order chi connectivity index (χ0) is 13.8. The summed E-state index contributed by atoms with van der Waals surface area (Å²) in [5.74, 6) is -0.350. The maximum absolute atomic E-state index is 12.0. The Balaban J connectivity index is 1.91. The lowest BCUT2D eigenvalue weighted by atomic mass is 9.96. The molecular weight excluding hydrogens is 242 g/mol. The second-order valence-corrected chi connectivity index (χ2v) is 4.94. The van der Waals surface area contributed by atoms with Gasteiger partial charge >= 0.3 is 0 Å². The molecule has 5 heteroatoms. The SMILES string of the molecule is C[C@H](NC(=O)[C@H]1C[C@H](c2ccccc2)CN1)C(N)=O. The standard InChI is InChI=1S/C14H19N3O2/c1-9(13(15)18)17-14(19)12-7-11(8-16-12)10-5-3-2-4-6-10/h2-6,9,11-12,16H,7-8H2,1H3,(H2,15,18)(H,17,19)/t9-,11-,12+/m0/s1. The van der Waals surface area contributed by atoms with Gasteiger partial charge in [-0.05, 0) is 24.8 Å². The van der Waals surface area contributed by atoms with Gasteiger partial charge in [0.1, 0.15) is 6.04 Å². The van der Waals surface area contributed by atoms with E-state index in [0.717, 1.165) is 13.0 Å². The highest BCUT2D eigenvalue weighted by Gasteiger charge is 2.31. The fraction of sp³-hybridized carbons (Fsp3) is 0.429. The molecule has 1 aromatic rings. The normalized spacial score (nSPS) is 23.8. The van der Waals surface area contributed by atoms with Gasteiger partial charge in [0.15, 0.2) is 0 Å². The van der Waals surface area contributed by atoms with Crippen molar-refractivity contribution < 1.29 is 9.59 Å². The van der Waals surface area contributed by atoms with Crippen LogP contribution in [0.5, 0.6) is 0 Å². The summed E-state index contributed by atoms with van der Waals surface area (Å²) >= 11 is 0. The van der Waals surface area contributed by atoms with Gasteiger partial charge in [-0.3, -0.25) is 9.59 Å². The van der Waals surface area contributed by atoms with E-state index in [2.05, 4.69) is 22.8 Å². The van der Waals surface area contributed by atoms with Crippen LogP contribution in [0.15, 0.2) is 30.3 Å². The highest BCUT2D eigenvalue weighted by atomic mass is 16.2. The van der Waals surface area contributed by atoms with Crippen LogP contribution in [0.2, 0.25) is 0 Å². The number of rotatable bonds is 4. The van der Waals surface area contributed by atoms with E-state index in [1.54, 1.807) is 6.92 Å². The molecule has 0 saturated carbocycles. The van der Waals surface area contributed by atoms with Crippen molar-refractivity contribution >= 4 is 11.8 Å². The molecule has 1 fully saturated rings. The molecule has 3 atom stereocenters. The highest BCUT2D eigenvalue weighted by molar-refractivity contribution is 5.88. The van der Waals surface area contributed by atoms with Crippen LogP contribution < -0.4 is 16.4 Å². The fourth-order valence-electron chi connectivity index (χ4n) is 2.30. The first-order valence-electron chi connectivity index (χ1n) is 6.46. The van der Waals surface area contributed by atoms with E-state index in [1.807, 2.05) is 18.2 Å². The van der Waals surface area contributed by atoms with E-state index in [4.69, 9.17) is 5.73 Å². The minimum atomic E-state index is -0.634. The molecule has 0 aromatic heterocycles. The molecule has 19 heavy (non-hydrogen) atoms. The number of nitrogens with two attached hydrogens (primary N) is 1. The van der Waals surface area contributed by atoms with E-state index in [1.165, 1.54) is 5.56 Å². The van der Waals surface area contributed by atoms with Crippen molar-refractivity contribution in [2.45, 2.75) is 31.3 Å². The Morgan fingerprint density at radius 1 is 1.37 bits per heavy atom. The van der Waals surface area contributed by atoms with Crippen molar-refractivity contribution in [1.82, 2.24) is 10.6 Å². The molecule has 1 aliphatic heterocycles. The number of benzene rings is 1. The van der Waals surface area contributed by atoms with E-state index in [-0.39, 0.29) is 11.9 Å². The van der Waals surface area contributed by atoms with Gasteiger partial charge in [-0.2, -0.15) is 0 Å². The number of primary amides is 1. The van der Waals surface area contributed by atoms with Gasteiger partial charge in [-0.15, -0.1) is 0 Å². The second kappa shape index (κ2) is 5.84. The first kappa shape index (κ1) is 13.5. The quantitative estimate of drug-likeness (QED) is 0.720. The predicted octanol–water partition coefficient (Wildman–Crippen LogP) is 0.122. The van der Waals surface area contributed by atoms with E-state index in [0.29, 0.717) is 5.92 Å². The van der Waals surface area contributed by atoms with Crippen molar-refractivity contribution in [1.29, 1.82) is 0 Å². The number of hydrogen-bond acceptors (Lipinski definition) is 3. The summed E-state index contributed by atoms with van der Waals surface area (Å²) < 4.78 is 0. The number of carbonyl (C=O) groups is 2. The zero-order valence-electron chi connectivity index (χ0n) is 10.9. The summed E-state index contributed by atoms with van der Waals surface area (Å²) in [5, 5.41) is 5.80. The third-order valence-electron chi connectivity index (χ3n) is 3.50. The molecule has 0 radical (unpaired) electrons. The molecule has 102 valence electrons. The predicted molar refractivity (Wildman–Crippen MR) is 72.4 cm³/mol. The third-order valence-corrected chi connectivity index (χ3v) is 3.50. The smallest absolute Gasteiger partial charge is 0.239 e. The molecule has 2 rings (SSSR count). The first-order chi connectivity index (χ1) is 9.08. The number of carbonyl (C=O) groups excluding carboxylic acids is 2. The summed E-state index contributed by atoms with van der Waals surface area (Å²) in [6.07, 6.45) is 0.737. The highest BCUT2D eigenvalue weighted by Crippen LogP contribution is 2.25. The first-order valence-corrected chi connectivity index (χ1v) is 6.46. The Hall–Kier alpha value is -1.88. The summed E-state index contributed by atoms with van der Waals surface area (Å²) in [4.78, 5) is 22.9. The van der Waals surface area contributed by atoms with Gasteiger partial charge in [0.2, 0.25) is 11.8 Å². The van der Waals surface area contributed by atoms with Gasteiger partial charge in [-0.25, -0.2) is 0 Å². The fourth-order valence-corrected chi connectivity index (χ4v) is 2.30. The average Bonchev–Trinajstić information content (AvgIpc) is 2.89. The molecule has 1 aromatic carbocycles. The van der Waals surface area contributed by atoms with Crippen molar-refractivity contribution in [2.75, 3.05) is 6.54 Å². The summed E-state index contributed by atoms with van der Waals surface area (Å²) in [6, 6.07) is 9.22. The molecule has 2 amide bonds. The minimum absolute atomic E-state index is 0.162. The van der Waals surface area contributed by atoms with Crippen molar-refractivity contribution in [2.24, 2.45) is 5.73 Å². The molecule has 4 N–H and O–H groups in total. The average molecular weight is 261 g/mol. The molecule has 0 aliphatic carbocycles. The Labute approximate surface area is 112 Å². The molecular formula is C14H19N3O2. The summed E-state index contributed by atoms with van der Waals surface area (Å²) in [6.45, 7) is 2.36. The lowest BCUT2D eigenvalue weighted by molar-refractivity contribution is -0.128. The number of nitrogens with one attached hydrogen (secondary N) is 2. The summed E-state index contributed by atoms with van der Waals surface area (Å²) in [5.41, 5.74) is 6.36. The Bertz CT molecular complexity index is 461. The van der Waals surface area contributed by atoms with Crippen molar-refractivity contribution in [3.63, 3.8) is 0 Å². The largest absolute Gasteiger partial charge is 0.368 e. The topological polar surface area (TPSA) is 84.2 Å². The Kier molecular flexibility index (Phi) is 4.16. The van der Waals surface area contributed by atoms with Crippen LogP contribution in [-0.4, -0.2) is 30.4 Å². The molecule has 1 heterocycles. The molecule has 5 nitrogen and oxygen atoms in total. The van der Waals surface area contributed by atoms with Gasteiger partial charge in [0, 0.05) is 6.54 Å². The summed E-state index contributed by atoms with van der Waals surface area (Å²) in [7, 11) is 0. The molecule has 1 saturated heterocycles. The second-order valence-electron chi connectivity index (χ2n) is 4.94. The zero-order valence-corrected chi connectivity index (χ0v) is 10.9. The van der Waals surface area contributed by atoms with Crippen molar-refractivity contribution in [3.8, 4) is 0 Å². The van der Waals surface area contributed by atoms with Gasteiger partial charge < -0.3 is 16.4 Å². The van der Waals surface area contributed by atoms with E-state index in [9.17, 15) is 9.59 Å². The maximum Gasteiger partial charge on any atom is 0.239 e. The third kappa shape index (κ3) is 3.32. The van der Waals surface area contributed by atoms with E-state index < -0.39 is 11.9 Å². The van der Waals surface area contributed by atoms with Crippen LogP contribution in [0.4, 0.5) is 0 Å². The lowest BCUT2D eigenvalue weighted by Crippen LogP contribution is -2.48. The number of hydrogen-bond donors (Lipinski definition) is 3. The van der Waals surface area contributed by atoms with Crippen LogP contribution in [0.3, 0.4) is 0 Å². The molecule has 1 aliphatic rings. The lowest BCUT2D eigenvalue weighted by Gasteiger charge is -2.14. The van der Waals surface area contributed by atoms with Crippen molar-refractivity contribution in [3.05, 3.63) is 35.9 Å². The molecule has 0 bridgehead atoms. The molecule has 0 spiro atoms. The van der Waals surface area contributed by atoms with Gasteiger partial charge in [0.25, 0.3) is 0 Å². The minimum Gasteiger partial charge on any atom is -0.368 e. The van der Waals surface area contributed by atoms with Gasteiger partial charge in [-0.1, -0.05) is 30.3 Å². The Morgan fingerprint density at radius 3 is 2.68 bits per heavy atom. The van der Waals surface area contributed by atoms with Crippen LogP contribution in [-0.2, 0) is 9.59 Å². The molecule has 0 unspecified atom stereocenters. The van der Waals surface area contributed by atoms with Gasteiger partial charge in [0.05, 0.1) is 6.04 Å². The van der Waals surface area contributed by atoms with Crippen LogP contribution >= 0.6 is 0 Å². The van der Waals surface area contributed by atoms with E-state index >= 15 is 0 Å². The number of amides is 2. The van der Waals surface area contributed by atoms with Crippen LogP contribution in [0.1, 0.15) is 24.8 Å². The van der Waals surface area contributed by atoms with Crippen LogP contribution in [0.25, 0.3) is 0 Å².